The normalized spacial score (nSPS) is 19.1. The number of fused-ring (bicyclic) bond motifs is 1. The first-order chi connectivity index (χ1) is 18.0. The highest BCUT2D eigenvalue weighted by atomic mass is 35.5. The van der Waals surface area contributed by atoms with E-state index >= 15 is 0 Å². The van der Waals surface area contributed by atoms with Crippen LogP contribution in [0.1, 0.15) is 36.1 Å². The molecule has 4 heterocycles. The van der Waals surface area contributed by atoms with Crippen LogP contribution in [0.3, 0.4) is 0 Å². The second kappa shape index (κ2) is 12.0. The zero-order valence-corrected chi connectivity index (χ0v) is 22.6. The summed E-state index contributed by atoms with van der Waals surface area (Å²) in [6.07, 6.45) is 3.67. The van der Waals surface area contributed by atoms with Gasteiger partial charge in [-0.1, -0.05) is 35.7 Å². The molecule has 0 bridgehead atoms. The van der Waals surface area contributed by atoms with E-state index in [1.54, 1.807) is 6.07 Å². The molecule has 37 heavy (non-hydrogen) atoms. The maximum Gasteiger partial charge on any atom is 0.407 e. The van der Waals surface area contributed by atoms with Gasteiger partial charge >= 0.3 is 6.09 Å². The fourth-order valence-electron chi connectivity index (χ4n) is 5.33. The van der Waals surface area contributed by atoms with Gasteiger partial charge in [0.25, 0.3) is 0 Å². The lowest BCUT2D eigenvalue weighted by Crippen LogP contribution is -2.49. The SMILES string of the molecule is O=C(O)N1CCc2nc(N3CCN(CCN4CCCCC4)CC3)nc(NCc3ccc(Cl)cc3Cl)c2C1. The second-order valence-corrected chi connectivity index (χ2v) is 10.9. The molecule has 5 rings (SSSR count). The number of hydrogen-bond donors (Lipinski definition) is 2. The first-order valence-electron chi connectivity index (χ1n) is 13.2. The number of benzene rings is 1. The van der Waals surface area contributed by atoms with Crippen molar-refractivity contribution in [2.45, 2.75) is 38.8 Å². The Hall–Kier alpha value is -2.33. The predicted octanol–water partition coefficient (Wildman–Crippen LogP) is 4.04. The van der Waals surface area contributed by atoms with Crippen molar-refractivity contribution >= 4 is 41.1 Å². The van der Waals surface area contributed by atoms with Gasteiger partial charge in [0.15, 0.2) is 0 Å². The van der Waals surface area contributed by atoms with Gasteiger partial charge in [0, 0.05) is 74.4 Å². The van der Waals surface area contributed by atoms with Gasteiger partial charge in [-0.3, -0.25) is 4.90 Å². The van der Waals surface area contributed by atoms with E-state index < -0.39 is 6.09 Å². The maximum absolute atomic E-state index is 11.6. The van der Waals surface area contributed by atoms with E-state index in [1.807, 2.05) is 12.1 Å². The molecule has 0 atom stereocenters. The molecule has 0 spiro atoms. The lowest BCUT2D eigenvalue weighted by atomic mass is 10.1. The van der Waals surface area contributed by atoms with E-state index in [4.69, 9.17) is 33.2 Å². The molecule has 0 radical (unpaired) electrons. The van der Waals surface area contributed by atoms with Crippen molar-refractivity contribution < 1.29 is 9.90 Å². The predicted molar refractivity (Wildman–Crippen MR) is 147 cm³/mol. The summed E-state index contributed by atoms with van der Waals surface area (Å²) in [5.41, 5.74) is 2.65. The number of piperidine rings is 1. The third kappa shape index (κ3) is 6.57. The molecule has 0 saturated carbocycles. The smallest absolute Gasteiger partial charge is 0.407 e. The number of carbonyl (C=O) groups is 1. The average Bonchev–Trinajstić information content (AvgIpc) is 2.91. The summed E-state index contributed by atoms with van der Waals surface area (Å²) in [6.45, 7) is 9.63. The van der Waals surface area contributed by atoms with E-state index in [1.165, 1.54) is 37.3 Å². The number of nitrogens with one attached hydrogen (secondary N) is 1. The van der Waals surface area contributed by atoms with Crippen LogP contribution in [0, 0.1) is 0 Å². The van der Waals surface area contributed by atoms with Gasteiger partial charge in [0.2, 0.25) is 5.95 Å². The van der Waals surface area contributed by atoms with Crippen LogP contribution < -0.4 is 10.2 Å². The number of halogens is 2. The number of piperazine rings is 1. The summed E-state index contributed by atoms with van der Waals surface area (Å²) in [7, 11) is 0. The molecule has 3 aliphatic heterocycles. The highest BCUT2D eigenvalue weighted by Crippen LogP contribution is 2.29. The molecule has 2 N–H and O–H groups in total. The van der Waals surface area contributed by atoms with Crippen molar-refractivity contribution in [1.82, 2.24) is 24.7 Å². The summed E-state index contributed by atoms with van der Waals surface area (Å²) in [6, 6.07) is 5.42. The van der Waals surface area contributed by atoms with Gasteiger partial charge in [0.05, 0.1) is 12.2 Å². The van der Waals surface area contributed by atoms with E-state index in [9.17, 15) is 9.90 Å². The van der Waals surface area contributed by atoms with Crippen molar-refractivity contribution in [2.75, 3.05) is 69.1 Å². The van der Waals surface area contributed by atoms with Gasteiger partial charge in [-0.05, 0) is 43.6 Å². The Morgan fingerprint density at radius 2 is 1.68 bits per heavy atom. The lowest BCUT2D eigenvalue weighted by Gasteiger charge is -2.37. The highest BCUT2D eigenvalue weighted by molar-refractivity contribution is 6.35. The zero-order chi connectivity index (χ0) is 25.8. The summed E-state index contributed by atoms with van der Waals surface area (Å²) in [4.78, 5) is 30.2. The standard InChI is InChI=1S/C26H35Cl2N7O2/c27-20-5-4-19(22(28)16-20)17-29-24-21-18-35(26(36)37)9-6-23(21)30-25(31-24)34-14-12-33(13-15-34)11-10-32-7-2-1-3-8-32/h4-5,16H,1-3,6-15,17-18H2,(H,36,37)(H,29,30,31). The quantitative estimate of drug-likeness (QED) is 0.536. The first kappa shape index (κ1) is 26.3. The minimum atomic E-state index is -0.929. The van der Waals surface area contributed by atoms with Crippen LogP contribution in [0.2, 0.25) is 10.0 Å². The molecule has 2 saturated heterocycles. The molecule has 11 heteroatoms. The van der Waals surface area contributed by atoms with Crippen LogP contribution in [-0.2, 0) is 19.5 Å². The van der Waals surface area contributed by atoms with Gasteiger partial charge < -0.3 is 25.1 Å². The molecule has 200 valence electrons. The van der Waals surface area contributed by atoms with E-state index in [2.05, 4.69) is 20.0 Å². The Morgan fingerprint density at radius 1 is 0.946 bits per heavy atom. The molecule has 1 aromatic carbocycles. The Kier molecular flexibility index (Phi) is 8.54. The molecule has 0 aliphatic carbocycles. The Balaban J connectivity index is 1.28. The van der Waals surface area contributed by atoms with Crippen LogP contribution in [0.5, 0.6) is 0 Å². The summed E-state index contributed by atoms with van der Waals surface area (Å²) < 4.78 is 0. The number of hydrogen-bond acceptors (Lipinski definition) is 7. The van der Waals surface area contributed by atoms with Crippen molar-refractivity contribution in [2.24, 2.45) is 0 Å². The number of aromatic nitrogens is 2. The van der Waals surface area contributed by atoms with Crippen molar-refractivity contribution in [1.29, 1.82) is 0 Å². The van der Waals surface area contributed by atoms with Gasteiger partial charge in [-0.25, -0.2) is 9.78 Å². The molecular weight excluding hydrogens is 513 g/mol. The molecule has 9 nitrogen and oxygen atoms in total. The molecule has 2 fully saturated rings. The number of nitrogens with zero attached hydrogens (tertiary/aromatic N) is 6. The highest BCUT2D eigenvalue weighted by Gasteiger charge is 2.28. The van der Waals surface area contributed by atoms with Crippen LogP contribution >= 0.6 is 23.2 Å². The number of amides is 1. The Bertz CT molecular complexity index is 1100. The van der Waals surface area contributed by atoms with Gasteiger partial charge in [0.1, 0.15) is 5.82 Å². The van der Waals surface area contributed by atoms with Crippen LogP contribution in [-0.4, -0.2) is 94.8 Å². The van der Waals surface area contributed by atoms with E-state index in [0.717, 1.165) is 56.1 Å². The molecule has 3 aliphatic rings. The second-order valence-electron chi connectivity index (χ2n) is 10.1. The van der Waals surface area contributed by atoms with Crippen molar-refractivity contribution in [3.63, 3.8) is 0 Å². The number of anilines is 2. The van der Waals surface area contributed by atoms with Gasteiger partial charge in [-0.15, -0.1) is 0 Å². The number of rotatable bonds is 7. The third-order valence-corrected chi connectivity index (χ3v) is 8.20. The maximum atomic E-state index is 11.6. The minimum absolute atomic E-state index is 0.270. The monoisotopic (exact) mass is 547 g/mol. The molecule has 0 unspecified atom stereocenters. The van der Waals surface area contributed by atoms with Crippen molar-refractivity contribution in [3.8, 4) is 0 Å². The van der Waals surface area contributed by atoms with Crippen LogP contribution in [0.15, 0.2) is 18.2 Å². The number of carboxylic acid groups (broad SMARTS) is 1. The average molecular weight is 549 g/mol. The largest absolute Gasteiger partial charge is 0.465 e. The summed E-state index contributed by atoms with van der Waals surface area (Å²) >= 11 is 12.4. The van der Waals surface area contributed by atoms with Gasteiger partial charge in [-0.2, -0.15) is 4.98 Å². The minimum Gasteiger partial charge on any atom is -0.465 e. The molecular formula is C26H35Cl2N7O2. The zero-order valence-electron chi connectivity index (χ0n) is 21.1. The third-order valence-electron chi connectivity index (χ3n) is 7.62. The lowest BCUT2D eigenvalue weighted by molar-refractivity contribution is 0.139. The fraction of sp³-hybridized carbons (Fsp3) is 0.577. The number of likely N-dealkylation sites (tertiary alicyclic amines) is 1. The first-order valence-corrected chi connectivity index (χ1v) is 14.0. The van der Waals surface area contributed by atoms with E-state index in [-0.39, 0.29) is 6.54 Å². The molecule has 2 aromatic rings. The summed E-state index contributed by atoms with van der Waals surface area (Å²) in [5.74, 6) is 1.38. The molecule has 1 amide bonds. The molecule has 1 aromatic heterocycles. The Morgan fingerprint density at radius 3 is 2.38 bits per heavy atom. The van der Waals surface area contributed by atoms with Crippen molar-refractivity contribution in [3.05, 3.63) is 45.1 Å². The fourth-order valence-corrected chi connectivity index (χ4v) is 5.81. The van der Waals surface area contributed by atoms with Crippen LogP contribution in [0.4, 0.5) is 16.6 Å². The van der Waals surface area contributed by atoms with E-state index in [0.29, 0.717) is 41.3 Å². The Labute approximate surface area is 228 Å². The topological polar surface area (TPSA) is 88.1 Å². The van der Waals surface area contributed by atoms with Crippen LogP contribution in [0.25, 0.3) is 0 Å². The summed E-state index contributed by atoms with van der Waals surface area (Å²) in [5, 5.41) is 14.1.